The van der Waals surface area contributed by atoms with Crippen LogP contribution in [0.1, 0.15) is 74.1 Å². The zero-order valence-electron chi connectivity index (χ0n) is 18.9. The van der Waals surface area contributed by atoms with Gasteiger partial charge in [-0.3, -0.25) is 0 Å². The van der Waals surface area contributed by atoms with Crippen LogP contribution in [0.15, 0.2) is 12.7 Å². The third-order valence-corrected chi connectivity index (χ3v) is 10.1. The molecule has 0 amide bonds. The van der Waals surface area contributed by atoms with Crippen LogP contribution in [0.2, 0.25) is 0 Å². The largest absolute Gasteiger partial charge is 0.430 e. The van der Waals surface area contributed by atoms with Crippen LogP contribution < -0.4 is 0 Å². The Hall–Kier alpha value is -0.920. The lowest BCUT2D eigenvalue weighted by Gasteiger charge is -2.47. The van der Waals surface area contributed by atoms with Crippen molar-refractivity contribution in [3.63, 3.8) is 0 Å². The summed E-state index contributed by atoms with van der Waals surface area (Å²) in [6.45, 7) is 17.3. The van der Waals surface area contributed by atoms with Crippen molar-refractivity contribution in [2.24, 2.45) is 16.7 Å². The lowest BCUT2D eigenvalue weighted by Crippen LogP contribution is -2.57. The molecule has 7 heteroatoms. The Bertz CT molecular complexity index is 796. The highest BCUT2D eigenvalue weighted by molar-refractivity contribution is 7.89. The minimum absolute atomic E-state index is 0.0721. The van der Waals surface area contributed by atoms with Crippen LogP contribution >= 0.6 is 0 Å². The van der Waals surface area contributed by atoms with Crippen molar-refractivity contribution in [1.29, 1.82) is 0 Å². The van der Waals surface area contributed by atoms with Gasteiger partial charge in [0.25, 0.3) is 0 Å². The van der Waals surface area contributed by atoms with Crippen LogP contribution in [0.25, 0.3) is 0 Å². The monoisotopic (exact) mass is 427 g/mol. The van der Waals surface area contributed by atoms with Crippen molar-refractivity contribution in [2.75, 3.05) is 5.75 Å². The van der Waals surface area contributed by atoms with Crippen molar-refractivity contribution in [1.82, 2.24) is 4.31 Å². The molecule has 2 bridgehead atoms. The molecule has 3 aliphatic rings. The Morgan fingerprint density at radius 1 is 1.21 bits per heavy atom. The number of esters is 1. The van der Waals surface area contributed by atoms with Crippen LogP contribution in [0, 0.1) is 16.7 Å². The Morgan fingerprint density at radius 2 is 1.79 bits per heavy atom. The fourth-order valence-corrected chi connectivity index (χ4v) is 9.20. The molecule has 0 aromatic rings. The second kappa shape index (κ2) is 6.79. The average Bonchev–Trinajstić information content (AvgIpc) is 2.98. The van der Waals surface area contributed by atoms with E-state index in [0.29, 0.717) is 19.3 Å². The molecule has 1 spiro atoms. The van der Waals surface area contributed by atoms with E-state index in [1.54, 1.807) is 17.3 Å². The molecule has 1 aliphatic heterocycles. The van der Waals surface area contributed by atoms with Crippen LogP contribution in [0.3, 0.4) is 0 Å². The molecule has 2 saturated carbocycles. The highest BCUT2D eigenvalue weighted by atomic mass is 32.2. The van der Waals surface area contributed by atoms with E-state index < -0.39 is 32.8 Å². The summed E-state index contributed by atoms with van der Waals surface area (Å²) in [4.78, 5) is 12.8. The molecule has 29 heavy (non-hydrogen) atoms. The standard InChI is InChI=1S/C22H37NO5S/c1-9-11-20(8)18(24)27-22(28-20)13-17-10-12-21(22,19(17,6)7)14-29(25,26)23(15(2)3)16(4)5/h9,15-17H,1,10-14H2,2-8H3/t17-,20-,21+,22-/m1/s1. The molecule has 0 radical (unpaired) electrons. The molecular weight excluding hydrogens is 390 g/mol. The second-order valence-corrected chi connectivity index (χ2v) is 12.4. The summed E-state index contributed by atoms with van der Waals surface area (Å²) in [6, 6.07) is -0.292. The van der Waals surface area contributed by atoms with Gasteiger partial charge >= 0.3 is 5.97 Å². The van der Waals surface area contributed by atoms with Crippen molar-refractivity contribution < 1.29 is 22.7 Å². The first-order valence-corrected chi connectivity index (χ1v) is 12.3. The van der Waals surface area contributed by atoms with E-state index >= 15 is 0 Å². The van der Waals surface area contributed by atoms with Gasteiger partial charge in [-0.15, -0.1) is 6.58 Å². The van der Waals surface area contributed by atoms with Gasteiger partial charge < -0.3 is 9.47 Å². The van der Waals surface area contributed by atoms with E-state index in [1.165, 1.54) is 0 Å². The third kappa shape index (κ3) is 3.02. The summed E-state index contributed by atoms with van der Waals surface area (Å²) in [7, 11) is -3.61. The first-order valence-electron chi connectivity index (χ1n) is 10.7. The lowest BCUT2D eigenvalue weighted by molar-refractivity contribution is -0.253. The van der Waals surface area contributed by atoms with E-state index in [0.717, 1.165) is 6.42 Å². The van der Waals surface area contributed by atoms with Gasteiger partial charge in [-0.25, -0.2) is 13.2 Å². The lowest BCUT2D eigenvalue weighted by atomic mass is 9.68. The van der Waals surface area contributed by atoms with E-state index in [4.69, 9.17) is 9.47 Å². The van der Waals surface area contributed by atoms with Crippen LogP contribution in [-0.2, 0) is 24.3 Å². The topological polar surface area (TPSA) is 72.9 Å². The number of fused-ring (bicyclic) bond motifs is 3. The molecule has 1 saturated heterocycles. The molecule has 2 aliphatic carbocycles. The van der Waals surface area contributed by atoms with E-state index in [-0.39, 0.29) is 29.2 Å². The van der Waals surface area contributed by atoms with Gasteiger partial charge in [-0.05, 0) is 58.8 Å². The molecule has 166 valence electrons. The quantitative estimate of drug-likeness (QED) is 0.456. The Kier molecular flexibility index (Phi) is 5.33. The molecule has 0 aromatic carbocycles. The van der Waals surface area contributed by atoms with Gasteiger partial charge in [0.2, 0.25) is 15.8 Å². The van der Waals surface area contributed by atoms with Crippen molar-refractivity contribution in [3.05, 3.63) is 12.7 Å². The first-order chi connectivity index (χ1) is 13.2. The minimum Gasteiger partial charge on any atom is -0.430 e. The summed E-state index contributed by atoms with van der Waals surface area (Å²) in [5, 5.41) is 0. The highest BCUT2D eigenvalue weighted by Gasteiger charge is 2.79. The van der Waals surface area contributed by atoms with Gasteiger partial charge in [0.1, 0.15) is 0 Å². The Morgan fingerprint density at radius 3 is 2.28 bits per heavy atom. The van der Waals surface area contributed by atoms with Crippen molar-refractivity contribution in [3.8, 4) is 0 Å². The third-order valence-electron chi connectivity index (χ3n) is 7.80. The first kappa shape index (κ1) is 22.8. The number of rotatable bonds is 7. The molecule has 0 N–H and O–H groups in total. The maximum atomic E-state index is 13.7. The van der Waals surface area contributed by atoms with Gasteiger partial charge in [-0.1, -0.05) is 19.9 Å². The predicted molar refractivity (Wildman–Crippen MR) is 113 cm³/mol. The van der Waals surface area contributed by atoms with Crippen molar-refractivity contribution in [2.45, 2.75) is 97.6 Å². The zero-order chi connectivity index (χ0) is 22.0. The van der Waals surface area contributed by atoms with Crippen LogP contribution in [0.5, 0.6) is 0 Å². The average molecular weight is 428 g/mol. The van der Waals surface area contributed by atoms with E-state index in [1.807, 2.05) is 27.7 Å². The summed E-state index contributed by atoms with van der Waals surface area (Å²) in [6.07, 6.45) is 4.14. The zero-order valence-corrected chi connectivity index (χ0v) is 19.8. The van der Waals surface area contributed by atoms with Gasteiger partial charge in [0, 0.05) is 24.9 Å². The normalized spacial score (nSPS) is 38.6. The maximum absolute atomic E-state index is 13.7. The SMILES string of the molecule is C=CC[C@@]1(C)O[C@@]2(C[C@H]3CC[C@]2(CS(=O)(=O)N(C(C)C)C(C)C)C3(C)C)OC1=O. The highest BCUT2D eigenvalue weighted by Crippen LogP contribution is 2.73. The predicted octanol–water partition coefficient (Wildman–Crippen LogP) is 3.87. The summed E-state index contributed by atoms with van der Waals surface area (Å²) in [5.74, 6) is -1.43. The summed E-state index contributed by atoms with van der Waals surface area (Å²) < 4.78 is 41.4. The van der Waals surface area contributed by atoms with Crippen LogP contribution in [0.4, 0.5) is 0 Å². The van der Waals surface area contributed by atoms with E-state index in [2.05, 4.69) is 20.4 Å². The molecular formula is C22H37NO5S. The number of carbonyl (C=O) groups is 1. The number of carbonyl (C=O) groups excluding carboxylic acids is 1. The maximum Gasteiger partial charge on any atom is 0.341 e. The van der Waals surface area contributed by atoms with Gasteiger partial charge in [0.15, 0.2) is 5.60 Å². The fourth-order valence-electron chi connectivity index (χ4n) is 6.41. The molecule has 0 unspecified atom stereocenters. The number of ether oxygens (including phenoxy) is 2. The number of nitrogens with zero attached hydrogens (tertiary/aromatic N) is 1. The molecule has 3 rings (SSSR count). The minimum atomic E-state index is -3.61. The van der Waals surface area contributed by atoms with Gasteiger partial charge in [-0.2, -0.15) is 4.31 Å². The smallest absolute Gasteiger partial charge is 0.341 e. The summed E-state index contributed by atoms with van der Waals surface area (Å²) in [5.41, 5.74) is -2.21. The second-order valence-electron chi connectivity index (χ2n) is 10.5. The number of sulfonamides is 1. The molecule has 1 heterocycles. The molecule has 3 fully saturated rings. The molecule has 0 aromatic heterocycles. The van der Waals surface area contributed by atoms with Gasteiger partial charge in [0.05, 0.1) is 11.2 Å². The fraction of sp³-hybridized carbons (Fsp3) is 0.864. The summed E-state index contributed by atoms with van der Waals surface area (Å²) >= 11 is 0. The van der Waals surface area contributed by atoms with Crippen molar-refractivity contribution >= 4 is 16.0 Å². The van der Waals surface area contributed by atoms with E-state index in [9.17, 15) is 13.2 Å². The molecule has 4 atom stereocenters. The number of hydrogen-bond acceptors (Lipinski definition) is 5. The Balaban J connectivity index is 2.08. The number of hydrogen-bond donors (Lipinski definition) is 0. The Labute approximate surface area is 176 Å². The van der Waals surface area contributed by atoms with Crippen LogP contribution in [-0.4, -0.2) is 47.9 Å². The molecule has 6 nitrogen and oxygen atoms in total.